The van der Waals surface area contributed by atoms with Crippen molar-refractivity contribution in [3.8, 4) is 11.3 Å². The molecule has 124 valence electrons. The second-order valence-corrected chi connectivity index (χ2v) is 6.50. The molecule has 0 radical (unpaired) electrons. The standard InChI is InChI=1S/C18H14N4O2S/c23-16(9-14-12-3-1-2-4-13(12)17(24)20-14)22-18-21-15(10-25-18)11-5-7-19-8-6-11/h1-8,10,14H,9H2,(H,20,24)(H,21,22,23)/t14-/m0/s1. The van der Waals surface area contributed by atoms with E-state index in [9.17, 15) is 9.59 Å². The summed E-state index contributed by atoms with van der Waals surface area (Å²) in [7, 11) is 0. The Kier molecular flexibility index (Phi) is 3.99. The van der Waals surface area contributed by atoms with Gasteiger partial charge in [-0.15, -0.1) is 11.3 Å². The number of pyridine rings is 1. The molecule has 1 aromatic carbocycles. The van der Waals surface area contributed by atoms with Crippen LogP contribution in [0.15, 0.2) is 54.2 Å². The molecule has 0 spiro atoms. The van der Waals surface area contributed by atoms with Gasteiger partial charge in [0.05, 0.1) is 18.2 Å². The van der Waals surface area contributed by atoms with Gasteiger partial charge in [-0.1, -0.05) is 18.2 Å². The summed E-state index contributed by atoms with van der Waals surface area (Å²) in [6, 6.07) is 10.8. The molecular weight excluding hydrogens is 336 g/mol. The molecule has 0 bridgehead atoms. The lowest BCUT2D eigenvalue weighted by Crippen LogP contribution is -2.24. The van der Waals surface area contributed by atoms with Crippen LogP contribution in [0.25, 0.3) is 11.3 Å². The topological polar surface area (TPSA) is 84.0 Å². The minimum absolute atomic E-state index is 0.136. The van der Waals surface area contributed by atoms with Gasteiger partial charge in [-0.05, 0) is 23.8 Å². The molecule has 0 saturated heterocycles. The molecule has 1 atom stereocenters. The summed E-state index contributed by atoms with van der Waals surface area (Å²) in [5, 5.41) is 8.07. The summed E-state index contributed by atoms with van der Waals surface area (Å²) in [5.41, 5.74) is 3.24. The van der Waals surface area contributed by atoms with Crippen LogP contribution in [0, 0.1) is 0 Å². The van der Waals surface area contributed by atoms with E-state index in [0.29, 0.717) is 10.7 Å². The van der Waals surface area contributed by atoms with E-state index in [-0.39, 0.29) is 24.3 Å². The highest BCUT2D eigenvalue weighted by molar-refractivity contribution is 7.14. The largest absolute Gasteiger partial charge is 0.345 e. The molecule has 3 heterocycles. The lowest BCUT2D eigenvalue weighted by molar-refractivity contribution is -0.116. The summed E-state index contributed by atoms with van der Waals surface area (Å²) < 4.78 is 0. The number of hydrogen-bond donors (Lipinski definition) is 2. The first kappa shape index (κ1) is 15.5. The number of benzene rings is 1. The summed E-state index contributed by atoms with van der Waals surface area (Å²) >= 11 is 1.37. The van der Waals surface area contributed by atoms with Crippen molar-refractivity contribution in [3.05, 3.63) is 65.3 Å². The Bertz CT molecular complexity index is 939. The monoisotopic (exact) mass is 350 g/mol. The van der Waals surface area contributed by atoms with Gasteiger partial charge in [0, 0.05) is 28.9 Å². The van der Waals surface area contributed by atoms with Crippen LogP contribution in [0.1, 0.15) is 28.4 Å². The van der Waals surface area contributed by atoms with Gasteiger partial charge < -0.3 is 10.6 Å². The van der Waals surface area contributed by atoms with E-state index in [2.05, 4.69) is 20.6 Å². The predicted molar refractivity (Wildman–Crippen MR) is 95.2 cm³/mol. The minimum Gasteiger partial charge on any atom is -0.345 e. The third-order valence-corrected chi connectivity index (χ3v) is 4.76. The molecule has 2 N–H and O–H groups in total. The second kappa shape index (κ2) is 6.45. The molecule has 1 aliphatic rings. The lowest BCUT2D eigenvalue weighted by atomic mass is 10.0. The Morgan fingerprint density at radius 2 is 2.00 bits per heavy atom. The zero-order valence-electron chi connectivity index (χ0n) is 13.1. The first-order valence-electron chi connectivity index (χ1n) is 7.76. The highest BCUT2D eigenvalue weighted by Gasteiger charge is 2.29. The number of anilines is 1. The van der Waals surface area contributed by atoms with Gasteiger partial charge in [0.25, 0.3) is 5.91 Å². The SMILES string of the molecule is O=C(C[C@@H]1NC(=O)c2ccccc21)Nc1nc(-c2ccncc2)cs1. The van der Waals surface area contributed by atoms with Crippen LogP contribution in [-0.4, -0.2) is 21.8 Å². The first-order chi connectivity index (χ1) is 12.2. The molecule has 25 heavy (non-hydrogen) atoms. The number of aromatic nitrogens is 2. The third-order valence-electron chi connectivity index (χ3n) is 4.00. The fraction of sp³-hybridized carbons (Fsp3) is 0.111. The van der Waals surface area contributed by atoms with Crippen LogP contribution in [0.2, 0.25) is 0 Å². The van der Waals surface area contributed by atoms with Crippen LogP contribution in [-0.2, 0) is 4.79 Å². The molecule has 2 amide bonds. The molecule has 3 aromatic rings. The maximum absolute atomic E-state index is 12.3. The number of nitrogens with zero attached hydrogens (tertiary/aromatic N) is 2. The van der Waals surface area contributed by atoms with E-state index in [1.54, 1.807) is 18.5 Å². The molecule has 0 unspecified atom stereocenters. The Labute approximate surface area is 148 Å². The summed E-state index contributed by atoms with van der Waals surface area (Å²) in [4.78, 5) is 32.6. The number of hydrogen-bond acceptors (Lipinski definition) is 5. The highest BCUT2D eigenvalue weighted by atomic mass is 32.1. The van der Waals surface area contributed by atoms with Crippen LogP contribution in [0.5, 0.6) is 0 Å². The fourth-order valence-electron chi connectivity index (χ4n) is 2.82. The number of amides is 2. The van der Waals surface area contributed by atoms with Gasteiger partial charge >= 0.3 is 0 Å². The average molecular weight is 350 g/mol. The van der Waals surface area contributed by atoms with Crippen molar-refractivity contribution in [1.82, 2.24) is 15.3 Å². The van der Waals surface area contributed by atoms with Gasteiger partial charge in [-0.2, -0.15) is 0 Å². The third kappa shape index (κ3) is 3.14. The van der Waals surface area contributed by atoms with Crippen molar-refractivity contribution in [1.29, 1.82) is 0 Å². The van der Waals surface area contributed by atoms with Crippen molar-refractivity contribution < 1.29 is 9.59 Å². The number of carbonyl (C=O) groups is 2. The van der Waals surface area contributed by atoms with Crippen LogP contribution in [0.4, 0.5) is 5.13 Å². The number of thiazole rings is 1. The molecule has 1 aliphatic heterocycles. The predicted octanol–water partition coefficient (Wildman–Crippen LogP) is 3.02. The lowest BCUT2D eigenvalue weighted by Gasteiger charge is -2.10. The van der Waals surface area contributed by atoms with Crippen LogP contribution < -0.4 is 10.6 Å². The fourth-order valence-corrected chi connectivity index (χ4v) is 3.56. The van der Waals surface area contributed by atoms with Gasteiger partial charge in [0.1, 0.15) is 0 Å². The second-order valence-electron chi connectivity index (χ2n) is 5.64. The summed E-state index contributed by atoms with van der Waals surface area (Å²) in [6.07, 6.45) is 3.58. The minimum atomic E-state index is -0.302. The smallest absolute Gasteiger partial charge is 0.252 e. The zero-order chi connectivity index (χ0) is 17.2. The van der Waals surface area contributed by atoms with Crippen molar-refractivity contribution in [2.75, 3.05) is 5.32 Å². The Morgan fingerprint density at radius 1 is 1.20 bits per heavy atom. The molecule has 7 heteroatoms. The molecule has 0 aliphatic carbocycles. The molecule has 0 fully saturated rings. The number of rotatable bonds is 4. The maximum atomic E-state index is 12.3. The first-order valence-corrected chi connectivity index (χ1v) is 8.64. The summed E-state index contributed by atoms with van der Waals surface area (Å²) in [5.74, 6) is -0.319. The average Bonchev–Trinajstić information content (AvgIpc) is 3.21. The molecule has 0 saturated carbocycles. The number of carbonyl (C=O) groups excluding carboxylic acids is 2. The Balaban J connectivity index is 1.44. The van der Waals surface area contributed by atoms with E-state index in [1.165, 1.54) is 11.3 Å². The van der Waals surface area contributed by atoms with E-state index >= 15 is 0 Å². The van der Waals surface area contributed by atoms with E-state index < -0.39 is 0 Å². The highest BCUT2D eigenvalue weighted by Crippen LogP contribution is 2.29. The maximum Gasteiger partial charge on any atom is 0.252 e. The zero-order valence-corrected chi connectivity index (χ0v) is 13.9. The van der Waals surface area contributed by atoms with E-state index in [1.807, 2.05) is 35.7 Å². The Morgan fingerprint density at radius 3 is 2.84 bits per heavy atom. The van der Waals surface area contributed by atoms with Crippen LogP contribution >= 0.6 is 11.3 Å². The van der Waals surface area contributed by atoms with Gasteiger partial charge in [0.15, 0.2) is 5.13 Å². The van der Waals surface area contributed by atoms with Crippen molar-refractivity contribution in [3.63, 3.8) is 0 Å². The normalized spacial score (nSPS) is 15.5. The number of fused-ring (bicyclic) bond motifs is 1. The van der Waals surface area contributed by atoms with E-state index in [0.717, 1.165) is 16.8 Å². The Hall–Kier alpha value is -3.06. The molecule has 6 nitrogen and oxygen atoms in total. The molecule has 2 aromatic heterocycles. The summed E-state index contributed by atoms with van der Waals surface area (Å²) in [6.45, 7) is 0. The molecular formula is C18H14N4O2S. The van der Waals surface area contributed by atoms with Gasteiger partial charge in [-0.25, -0.2) is 4.98 Å². The quantitative estimate of drug-likeness (QED) is 0.757. The van der Waals surface area contributed by atoms with Crippen molar-refractivity contribution >= 4 is 28.3 Å². The van der Waals surface area contributed by atoms with Crippen molar-refractivity contribution in [2.24, 2.45) is 0 Å². The van der Waals surface area contributed by atoms with Gasteiger partial charge in [0.2, 0.25) is 5.91 Å². The van der Waals surface area contributed by atoms with Crippen LogP contribution in [0.3, 0.4) is 0 Å². The number of nitrogens with one attached hydrogen (secondary N) is 2. The van der Waals surface area contributed by atoms with Crippen molar-refractivity contribution in [2.45, 2.75) is 12.5 Å². The van der Waals surface area contributed by atoms with Gasteiger partial charge in [-0.3, -0.25) is 14.6 Å². The molecule has 4 rings (SSSR count). The van der Waals surface area contributed by atoms with E-state index in [4.69, 9.17) is 0 Å².